The Morgan fingerprint density at radius 3 is 2.68 bits per heavy atom. The lowest BCUT2D eigenvalue weighted by Gasteiger charge is -2.43. The molecule has 5 heteroatoms. The monoisotopic (exact) mass is 314 g/mol. The van der Waals surface area contributed by atoms with E-state index in [1.165, 1.54) is 7.11 Å². The van der Waals surface area contributed by atoms with Gasteiger partial charge in [0.15, 0.2) is 12.4 Å². The fourth-order valence-corrected chi connectivity index (χ4v) is 2.92. The Labute approximate surface area is 133 Å². The molecule has 0 amide bonds. The van der Waals surface area contributed by atoms with Crippen molar-refractivity contribution in [2.75, 3.05) is 7.11 Å². The smallest absolute Gasteiger partial charge is 0.333 e. The molecule has 0 aromatic rings. The fraction of sp³-hybridized carbons (Fsp3) is 0.824. The highest BCUT2D eigenvalue weighted by atomic mass is 16.7. The molecule has 1 rings (SSSR count). The average molecular weight is 314 g/mol. The second-order valence-electron chi connectivity index (χ2n) is 6.51. The van der Waals surface area contributed by atoms with Crippen LogP contribution < -0.4 is 0 Å². The zero-order valence-electron chi connectivity index (χ0n) is 14.6. The van der Waals surface area contributed by atoms with Crippen molar-refractivity contribution in [3.63, 3.8) is 0 Å². The van der Waals surface area contributed by atoms with E-state index in [9.17, 15) is 9.90 Å². The molecule has 0 bridgehead atoms. The Morgan fingerprint density at radius 2 is 2.18 bits per heavy atom. The third kappa shape index (κ3) is 5.07. The van der Waals surface area contributed by atoms with Crippen molar-refractivity contribution < 1.29 is 24.1 Å². The molecule has 1 aliphatic rings. The molecule has 1 fully saturated rings. The summed E-state index contributed by atoms with van der Waals surface area (Å²) in [4.78, 5) is 12.2. The minimum absolute atomic E-state index is 0.265. The van der Waals surface area contributed by atoms with E-state index in [-0.39, 0.29) is 6.42 Å². The predicted molar refractivity (Wildman–Crippen MR) is 84.3 cm³/mol. The lowest BCUT2D eigenvalue weighted by atomic mass is 9.88. The first kappa shape index (κ1) is 19.1. The maximum Gasteiger partial charge on any atom is 0.333 e. The van der Waals surface area contributed by atoms with Crippen LogP contribution in [-0.4, -0.2) is 42.3 Å². The summed E-state index contributed by atoms with van der Waals surface area (Å²) >= 11 is 0. The lowest BCUT2D eigenvalue weighted by Crippen LogP contribution is -2.56. The van der Waals surface area contributed by atoms with Gasteiger partial charge in [0.1, 0.15) is 5.60 Å². The zero-order valence-corrected chi connectivity index (χ0v) is 14.6. The number of allylic oxidation sites excluding steroid dienone is 1. The van der Waals surface area contributed by atoms with Crippen LogP contribution in [0.3, 0.4) is 0 Å². The van der Waals surface area contributed by atoms with E-state index in [1.54, 1.807) is 20.8 Å². The summed E-state index contributed by atoms with van der Waals surface area (Å²) in [6.45, 7) is 9.36. The van der Waals surface area contributed by atoms with Gasteiger partial charge in [-0.25, -0.2) is 4.79 Å². The minimum atomic E-state index is -1.18. The highest BCUT2D eigenvalue weighted by Crippen LogP contribution is 2.32. The summed E-state index contributed by atoms with van der Waals surface area (Å²) in [6.07, 6.45) is 2.66. The molecule has 0 unspecified atom stereocenters. The third-order valence-electron chi connectivity index (χ3n) is 4.08. The van der Waals surface area contributed by atoms with Crippen molar-refractivity contribution in [1.82, 2.24) is 0 Å². The van der Waals surface area contributed by atoms with Crippen molar-refractivity contribution >= 4 is 5.97 Å². The van der Waals surface area contributed by atoms with Gasteiger partial charge < -0.3 is 19.3 Å². The third-order valence-corrected chi connectivity index (χ3v) is 4.08. The zero-order chi connectivity index (χ0) is 16.9. The molecule has 0 spiro atoms. The first-order valence-electron chi connectivity index (χ1n) is 8.01. The van der Waals surface area contributed by atoms with Gasteiger partial charge in [0.25, 0.3) is 0 Å². The lowest BCUT2D eigenvalue weighted by molar-refractivity contribution is -0.269. The number of rotatable bonds is 6. The number of carbonyl (C=O) groups is 1. The van der Waals surface area contributed by atoms with E-state index in [0.717, 1.165) is 12.8 Å². The van der Waals surface area contributed by atoms with Crippen LogP contribution in [-0.2, 0) is 19.0 Å². The summed E-state index contributed by atoms with van der Waals surface area (Å²) in [5.41, 5.74) is -0.610. The number of hydrogen-bond donors (Lipinski definition) is 1. The summed E-state index contributed by atoms with van der Waals surface area (Å²) < 4.78 is 16.3. The summed E-state index contributed by atoms with van der Waals surface area (Å²) in [6, 6.07) is 0. The molecule has 1 aliphatic heterocycles. The van der Waals surface area contributed by atoms with E-state index < -0.39 is 30.1 Å². The molecule has 128 valence electrons. The van der Waals surface area contributed by atoms with E-state index in [1.807, 2.05) is 6.08 Å². The molecule has 1 saturated heterocycles. The van der Waals surface area contributed by atoms with Gasteiger partial charge in [0.05, 0.1) is 6.10 Å². The second kappa shape index (κ2) is 8.09. The molecule has 0 aromatic carbocycles. The van der Waals surface area contributed by atoms with Crippen LogP contribution in [0.4, 0.5) is 0 Å². The number of ether oxygens (including phenoxy) is 3. The number of esters is 1. The first-order valence-corrected chi connectivity index (χ1v) is 8.01. The van der Waals surface area contributed by atoms with Crippen LogP contribution in [0.5, 0.6) is 0 Å². The van der Waals surface area contributed by atoms with E-state index in [0.29, 0.717) is 11.5 Å². The van der Waals surface area contributed by atoms with E-state index in [4.69, 9.17) is 14.2 Å². The van der Waals surface area contributed by atoms with Crippen LogP contribution in [0.2, 0.25) is 0 Å². The average Bonchev–Trinajstić information content (AvgIpc) is 2.41. The standard InChI is InChI=1S/C17H30O5/c1-7-8-11(2)9-12(3)16(18)22-15-13(4)21-14(20-6)10-17(15,5)19/h9,11,13-15,19H,7-8,10H2,1-6H3/b12-9-/t11-,13+,14-,15-,17-/m1/s1. The Balaban J connectivity index is 2.74. The molecule has 0 radical (unpaired) electrons. The predicted octanol–water partition coefficient (Wildman–Crippen LogP) is 2.81. The van der Waals surface area contributed by atoms with Gasteiger partial charge in [0.2, 0.25) is 0 Å². The van der Waals surface area contributed by atoms with Gasteiger partial charge in [-0.2, -0.15) is 0 Å². The van der Waals surface area contributed by atoms with Gasteiger partial charge in [0, 0.05) is 19.1 Å². The van der Waals surface area contributed by atoms with Crippen LogP contribution in [0, 0.1) is 5.92 Å². The molecule has 5 nitrogen and oxygen atoms in total. The second-order valence-corrected chi connectivity index (χ2v) is 6.51. The molecular weight excluding hydrogens is 284 g/mol. The molecule has 0 aliphatic carbocycles. The maximum atomic E-state index is 12.2. The van der Waals surface area contributed by atoms with Crippen molar-refractivity contribution in [1.29, 1.82) is 0 Å². The van der Waals surface area contributed by atoms with E-state index >= 15 is 0 Å². The number of methoxy groups -OCH3 is 1. The van der Waals surface area contributed by atoms with Crippen LogP contribution >= 0.6 is 0 Å². The molecule has 5 atom stereocenters. The number of hydrogen-bond acceptors (Lipinski definition) is 5. The van der Waals surface area contributed by atoms with Gasteiger partial charge in [-0.1, -0.05) is 26.3 Å². The SMILES string of the molecule is CCC[C@@H](C)/C=C(/C)C(=O)O[C@@H]1[C@H](C)O[C@@H](OC)C[C@@]1(C)O. The normalized spacial score (nSPS) is 34.3. The van der Waals surface area contributed by atoms with Crippen LogP contribution in [0.15, 0.2) is 11.6 Å². The highest BCUT2D eigenvalue weighted by Gasteiger charge is 2.46. The van der Waals surface area contributed by atoms with Crippen molar-refractivity contribution in [3.8, 4) is 0 Å². The Bertz CT molecular complexity index is 402. The molecular formula is C17H30O5. The molecule has 0 aromatic heterocycles. The number of aliphatic hydroxyl groups is 1. The Kier molecular flexibility index (Phi) is 7.03. The Morgan fingerprint density at radius 1 is 1.55 bits per heavy atom. The Hall–Kier alpha value is -0.910. The van der Waals surface area contributed by atoms with Crippen LogP contribution in [0.25, 0.3) is 0 Å². The summed E-state index contributed by atoms with van der Waals surface area (Å²) in [5.74, 6) is -0.0736. The van der Waals surface area contributed by atoms with Crippen molar-refractivity contribution in [2.24, 2.45) is 5.92 Å². The first-order chi connectivity index (χ1) is 10.2. The van der Waals surface area contributed by atoms with Crippen molar-refractivity contribution in [3.05, 3.63) is 11.6 Å². The van der Waals surface area contributed by atoms with Gasteiger partial charge in [-0.15, -0.1) is 0 Å². The van der Waals surface area contributed by atoms with Gasteiger partial charge in [-0.3, -0.25) is 0 Å². The van der Waals surface area contributed by atoms with Crippen molar-refractivity contribution in [2.45, 2.75) is 78.0 Å². The highest BCUT2D eigenvalue weighted by molar-refractivity contribution is 5.88. The largest absolute Gasteiger partial charge is 0.453 e. The van der Waals surface area contributed by atoms with E-state index in [2.05, 4.69) is 13.8 Å². The molecule has 1 heterocycles. The summed E-state index contributed by atoms with van der Waals surface area (Å²) in [7, 11) is 1.53. The molecule has 1 N–H and O–H groups in total. The fourth-order valence-electron chi connectivity index (χ4n) is 2.92. The number of carbonyl (C=O) groups excluding carboxylic acids is 1. The molecule has 22 heavy (non-hydrogen) atoms. The summed E-state index contributed by atoms with van der Waals surface area (Å²) in [5, 5.41) is 10.5. The minimum Gasteiger partial charge on any atom is -0.453 e. The maximum absolute atomic E-state index is 12.2. The molecule has 0 saturated carbocycles. The quantitative estimate of drug-likeness (QED) is 0.603. The van der Waals surface area contributed by atoms with Crippen LogP contribution in [0.1, 0.15) is 53.9 Å². The van der Waals surface area contributed by atoms with Gasteiger partial charge >= 0.3 is 5.97 Å². The van der Waals surface area contributed by atoms with Gasteiger partial charge in [-0.05, 0) is 33.1 Å². The topological polar surface area (TPSA) is 65.0 Å².